The van der Waals surface area contributed by atoms with Crippen molar-refractivity contribution in [1.82, 2.24) is 9.88 Å². The number of halogens is 1. The highest BCUT2D eigenvalue weighted by Crippen LogP contribution is 2.34. The molecule has 1 aromatic carbocycles. The largest absolute Gasteiger partial charge is 0.349 e. The molecule has 3 nitrogen and oxygen atoms in total. The highest BCUT2D eigenvalue weighted by Gasteiger charge is 2.24. The molecule has 2 aliphatic rings. The van der Waals surface area contributed by atoms with E-state index in [0.29, 0.717) is 12.0 Å². The molecule has 4 rings (SSSR count). The Balaban J connectivity index is 1.69. The van der Waals surface area contributed by atoms with Crippen molar-refractivity contribution in [3.8, 4) is 11.3 Å². The molecule has 2 fully saturated rings. The number of aryl methyl sites for hydroxylation is 1. The third-order valence-corrected chi connectivity index (χ3v) is 8.44. The zero-order valence-electron chi connectivity index (χ0n) is 19.4. The van der Waals surface area contributed by atoms with Crippen molar-refractivity contribution in [1.29, 1.82) is 0 Å². The number of hydrogen-bond acceptors (Lipinski definition) is 1. The summed E-state index contributed by atoms with van der Waals surface area (Å²) in [6.07, 6.45) is 12.6. The van der Waals surface area contributed by atoms with Crippen LogP contribution in [0.1, 0.15) is 91.4 Å². The summed E-state index contributed by atoms with van der Waals surface area (Å²) in [6.45, 7) is 7.47. The van der Waals surface area contributed by atoms with Gasteiger partial charge < -0.3 is 9.88 Å². The summed E-state index contributed by atoms with van der Waals surface area (Å²) >= 11 is 3.75. The molecule has 1 N–H and O–H groups in total. The van der Waals surface area contributed by atoms with Crippen molar-refractivity contribution in [2.45, 2.75) is 97.6 Å². The monoisotopic (exact) mass is 484 g/mol. The zero-order valence-corrected chi connectivity index (χ0v) is 21.0. The second-order valence-electron chi connectivity index (χ2n) is 9.85. The fourth-order valence-electron chi connectivity index (χ4n) is 5.45. The molecule has 0 unspecified atom stereocenters. The molecule has 2 saturated carbocycles. The van der Waals surface area contributed by atoms with Gasteiger partial charge in [0, 0.05) is 28.4 Å². The molecule has 2 aliphatic carbocycles. The maximum atomic E-state index is 13.3. The minimum Gasteiger partial charge on any atom is -0.349 e. The van der Waals surface area contributed by atoms with Gasteiger partial charge in [0.15, 0.2) is 0 Å². The number of hydrogen-bond donors (Lipinski definition) is 1. The fourth-order valence-corrected chi connectivity index (χ4v) is 6.01. The topological polar surface area (TPSA) is 34.0 Å². The smallest absolute Gasteiger partial charge is 0.253 e. The first-order valence-corrected chi connectivity index (χ1v) is 13.0. The van der Waals surface area contributed by atoms with Crippen molar-refractivity contribution in [2.75, 3.05) is 0 Å². The number of nitrogens with one attached hydrogen (secondary N) is 1. The lowest BCUT2D eigenvalue weighted by Gasteiger charge is -2.25. The number of aromatic nitrogens is 1. The summed E-state index contributed by atoms with van der Waals surface area (Å²) < 4.78 is 3.57. The van der Waals surface area contributed by atoms with Gasteiger partial charge in [-0.15, -0.1) is 0 Å². The minimum atomic E-state index is 0.107. The second-order valence-corrected chi connectivity index (χ2v) is 10.7. The van der Waals surface area contributed by atoms with Gasteiger partial charge in [0.1, 0.15) is 0 Å². The molecule has 0 spiro atoms. The third kappa shape index (κ3) is 5.10. The molecule has 0 atom stereocenters. The normalized spacial score (nSPS) is 18.3. The van der Waals surface area contributed by atoms with E-state index < -0.39 is 0 Å². The minimum absolute atomic E-state index is 0.107. The second kappa shape index (κ2) is 9.94. The summed E-state index contributed by atoms with van der Waals surface area (Å²) in [5.74, 6) is 0.818. The van der Waals surface area contributed by atoms with Gasteiger partial charge in [-0.2, -0.15) is 0 Å². The van der Waals surface area contributed by atoms with Gasteiger partial charge in [-0.25, -0.2) is 0 Å². The van der Waals surface area contributed by atoms with Crippen LogP contribution in [-0.2, 0) is 6.54 Å². The highest BCUT2D eigenvalue weighted by molar-refractivity contribution is 9.10. The molecule has 31 heavy (non-hydrogen) atoms. The Morgan fingerprint density at radius 3 is 2.26 bits per heavy atom. The van der Waals surface area contributed by atoms with Crippen LogP contribution in [0.3, 0.4) is 0 Å². The van der Waals surface area contributed by atoms with E-state index in [0.717, 1.165) is 35.1 Å². The summed E-state index contributed by atoms with van der Waals surface area (Å²) in [5, 5.41) is 3.34. The molecule has 0 radical (unpaired) electrons. The molecular formula is C27H37BrN2O. The number of nitrogens with zero attached hydrogens (tertiary/aromatic N) is 1. The van der Waals surface area contributed by atoms with Crippen molar-refractivity contribution in [3.63, 3.8) is 0 Å². The summed E-state index contributed by atoms with van der Waals surface area (Å²) in [4.78, 5) is 13.3. The maximum absolute atomic E-state index is 13.3. The molecular weight excluding hydrogens is 448 g/mol. The molecule has 0 saturated heterocycles. The quantitative estimate of drug-likeness (QED) is 0.468. The molecule has 1 aromatic heterocycles. The van der Waals surface area contributed by atoms with E-state index >= 15 is 0 Å². The lowest BCUT2D eigenvalue weighted by Crippen LogP contribution is -2.36. The summed E-state index contributed by atoms with van der Waals surface area (Å²) in [7, 11) is 0. The number of carbonyl (C=O) groups is 1. The molecule has 2 aromatic rings. The lowest BCUT2D eigenvalue weighted by atomic mass is 9.89. The van der Waals surface area contributed by atoms with Crippen LogP contribution in [0.4, 0.5) is 0 Å². The van der Waals surface area contributed by atoms with E-state index in [9.17, 15) is 4.79 Å². The van der Waals surface area contributed by atoms with Crippen molar-refractivity contribution in [2.24, 2.45) is 5.92 Å². The average molecular weight is 486 g/mol. The Kier molecular flexibility index (Phi) is 7.26. The highest BCUT2D eigenvalue weighted by atomic mass is 79.9. The van der Waals surface area contributed by atoms with Crippen LogP contribution in [-0.4, -0.2) is 16.5 Å². The average Bonchev–Trinajstić information content (AvgIpc) is 3.09. The van der Waals surface area contributed by atoms with Gasteiger partial charge in [0.05, 0.1) is 5.56 Å². The van der Waals surface area contributed by atoms with Crippen LogP contribution in [0.2, 0.25) is 0 Å². The molecule has 1 amide bonds. The van der Waals surface area contributed by atoms with Crippen molar-refractivity contribution >= 4 is 21.8 Å². The number of rotatable bonds is 5. The Morgan fingerprint density at radius 2 is 1.61 bits per heavy atom. The Morgan fingerprint density at radius 1 is 0.968 bits per heavy atom. The predicted octanol–water partition coefficient (Wildman–Crippen LogP) is 7.49. The molecule has 4 heteroatoms. The standard InChI is InChI=1S/C27H37BrN2O/c1-18-14-22(15-25(28)19(18)2)26-16-24(27(31)29-23-12-8-5-9-13-23)20(3)30(26)17-21-10-6-4-7-11-21/h14-16,21,23H,4-13,17H2,1-3H3,(H,29,31). The van der Waals surface area contributed by atoms with E-state index in [2.05, 4.69) is 64.8 Å². The van der Waals surface area contributed by atoms with Gasteiger partial charge >= 0.3 is 0 Å². The fraction of sp³-hybridized carbons (Fsp3) is 0.593. The molecule has 168 valence electrons. The van der Waals surface area contributed by atoms with Crippen LogP contribution < -0.4 is 5.32 Å². The first-order chi connectivity index (χ1) is 14.9. The molecule has 0 bridgehead atoms. The number of benzene rings is 1. The third-order valence-electron chi connectivity index (χ3n) is 7.62. The lowest BCUT2D eigenvalue weighted by molar-refractivity contribution is 0.0927. The van der Waals surface area contributed by atoms with Crippen molar-refractivity contribution < 1.29 is 4.79 Å². The van der Waals surface area contributed by atoms with Gasteiger partial charge in [0.2, 0.25) is 0 Å². The van der Waals surface area contributed by atoms with E-state index in [4.69, 9.17) is 0 Å². The summed E-state index contributed by atoms with van der Waals surface area (Å²) in [6, 6.07) is 6.97. The van der Waals surface area contributed by atoms with Gasteiger partial charge in [-0.3, -0.25) is 4.79 Å². The van der Waals surface area contributed by atoms with E-state index in [-0.39, 0.29) is 5.91 Å². The van der Waals surface area contributed by atoms with Crippen molar-refractivity contribution in [3.05, 3.63) is 45.1 Å². The Hall–Kier alpha value is -1.55. The Bertz CT molecular complexity index is 910. The van der Waals surface area contributed by atoms with Crippen LogP contribution in [0.15, 0.2) is 22.7 Å². The van der Waals surface area contributed by atoms with E-state index in [1.54, 1.807) is 0 Å². The molecule has 0 aliphatic heterocycles. The molecule has 1 heterocycles. The van der Waals surface area contributed by atoms with E-state index in [1.165, 1.54) is 73.8 Å². The number of amides is 1. The zero-order chi connectivity index (χ0) is 22.0. The van der Waals surface area contributed by atoms with Gasteiger partial charge in [-0.1, -0.05) is 54.5 Å². The van der Waals surface area contributed by atoms with E-state index in [1.807, 2.05) is 0 Å². The van der Waals surface area contributed by atoms with Gasteiger partial charge in [-0.05, 0) is 87.3 Å². The number of carbonyl (C=O) groups excluding carboxylic acids is 1. The SMILES string of the molecule is Cc1cc(-c2cc(C(=O)NC3CCCCC3)c(C)n2CC2CCCCC2)cc(Br)c1C. The van der Waals surface area contributed by atoms with Crippen LogP contribution in [0, 0.1) is 26.7 Å². The Labute approximate surface area is 196 Å². The first-order valence-electron chi connectivity index (χ1n) is 12.2. The maximum Gasteiger partial charge on any atom is 0.253 e. The van der Waals surface area contributed by atoms with Crippen LogP contribution in [0.5, 0.6) is 0 Å². The first kappa shape index (κ1) is 22.6. The summed E-state index contributed by atoms with van der Waals surface area (Å²) in [5.41, 5.74) is 6.90. The van der Waals surface area contributed by atoms with Crippen LogP contribution >= 0.6 is 15.9 Å². The van der Waals surface area contributed by atoms with Crippen LogP contribution in [0.25, 0.3) is 11.3 Å². The predicted molar refractivity (Wildman–Crippen MR) is 133 cm³/mol. The van der Waals surface area contributed by atoms with Gasteiger partial charge in [0.25, 0.3) is 5.91 Å².